The fourth-order valence-electron chi connectivity index (χ4n) is 1.94. The second-order valence-electron chi connectivity index (χ2n) is 4.06. The van der Waals surface area contributed by atoms with Crippen molar-refractivity contribution in [3.8, 4) is 11.5 Å². The van der Waals surface area contributed by atoms with Crippen LogP contribution in [-0.2, 0) is 14.2 Å². The predicted octanol–water partition coefficient (Wildman–Crippen LogP) is 2.11. The van der Waals surface area contributed by atoms with Crippen LogP contribution in [0.5, 0.6) is 11.5 Å². The van der Waals surface area contributed by atoms with Crippen LogP contribution in [0.4, 0.5) is 0 Å². The molecule has 5 nitrogen and oxygen atoms in total. The van der Waals surface area contributed by atoms with Gasteiger partial charge in [-0.2, -0.15) is 0 Å². The lowest BCUT2D eigenvalue weighted by Gasteiger charge is -2.21. The van der Waals surface area contributed by atoms with Crippen LogP contribution >= 0.6 is 0 Å². The highest BCUT2D eigenvalue weighted by Crippen LogP contribution is 2.38. The minimum atomic E-state index is -0.670. The third kappa shape index (κ3) is 2.43. The molecular weight excluding hydrogens is 236 g/mol. The van der Waals surface area contributed by atoms with E-state index < -0.39 is 6.48 Å². The van der Waals surface area contributed by atoms with E-state index in [1.807, 2.05) is 25.1 Å². The fraction of sp³-hybridized carbons (Fsp3) is 0.538. The molecule has 100 valence electrons. The van der Waals surface area contributed by atoms with Crippen molar-refractivity contribution in [3.05, 3.63) is 23.8 Å². The van der Waals surface area contributed by atoms with E-state index in [9.17, 15) is 0 Å². The van der Waals surface area contributed by atoms with Crippen molar-refractivity contribution in [3.63, 3.8) is 0 Å². The van der Waals surface area contributed by atoms with Crippen LogP contribution in [0.25, 0.3) is 0 Å². The number of benzene rings is 1. The molecule has 0 aliphatic carbocycles. The summed E-state index contributed by atoms with van der Waals surface area (Å²) < 4.78 is 26.6. The number of ether oxygens (including phenoxy) is 5. The monoisotopic (exact) mass is 254 g/mol. The molecule has 0 saturated heterocycles. The van der Waals surface area contributed by atoms with Gasteiger partial charge in [-0.25, -0.2) is 0 Å². The third-order valence-corrected chi connectivity index (χ3v) is 2.99. The van der Waals surface area contributed by atoms with Crippen LogP contribution in [0, 0.1) is 0 Å². The minimum Gasteiger partial charge on any atom is -0.428 e. The highest BCUT2D eigenvalue weighted by atomic mass is 16.9. The largest absolute Gasteiger partial charge is 0.428 e. The molecule has 0 spiro atoms. The molecule has 0 saturated carbocycles. The zero-order valence-electron chi connectivity index (χ0n) is 11.0. The molecule has 1 aliphatic heterocycles. The van der Waals surface area contributed by atoms with Crippen molar-refractivity contribution in [2.75, 3.05) is 21.3 Å². The van der Waals surface area contributed by atoms with Crippen molar-refractivity contribution >= 4 is 0 Å². The standard InChI is InChI=1S/C13H18O5/c1-8(14-2)12(15-3)9-5-6-10-11(7-9)18-13(16-4)17-10/h5-8,12-13H,1-4H3/t8-,12+,13?/m0/s1. The Kier molecular flexibility index (Phi) is 4.06. The molecule has 3 atom stereocenters. The van der Waals surface area contributed by atoms with Crippen LogP contribution in [0.1, 0.15) is 18.6 Å². The van der Waals surface area contributed by atoms with E-state index in [-0.39, 0.29) is 12.2 Å². The van der Waals surface area contributed by atoms with Gasteiger partial charge in [-0.15, -0.1) is 0 Å². The average molecular weight is 254 g/mol. The molecule has 1 unspecified atom stereocenters. The second-order valence-corrected chi connectivity index (χ2v) is 4.06. The number of rotatable bonds is 5. The summed E-state index contributed by atoms with van der Waals surface area (Å²) in [4.78, 5) is 0. The number of fused-ring (bicyclic) bond motifs is 1. The van der Waals surface area contributed by atoms with Gasteiger partial charge in [0.25, 0.3) is 0 Å². The zero-order valence-corrected chi connectivity index (χ0v) is 11.0. The summed E-state index contributed by atoms with van der Waals surface area (Å²) in [6.45, 7) is 1.28. The van der Waals surface area contributed by atoms with Gasteiger partial charge in [-0.3, -0.25) is 0 Å². The average Bonchev–Trinajstić information content (AvgIpc) is 2.81. The van der Waals surface area contributed by atoms with Gasteiger partial charge >= 0.3 is 6.48 Å². The summed E-state index contributed by atoms with van der Waals surface area (Å²) in [5.74, 6) is 1.33. The second kappa shape index (κ2) is 5.56. The summed E-state index contributed by atoms with van der Waals surface area (Å²) >= 11 is 0. The smallest absolute Gasteiger partial charge is 0.360 e. The number of hydrogen-bond donors (Lipinski definition) is 0. The van der Waals surface area contributed by atoms with Crippen LogP contribution in [-0.4, -0.2) is 33.9 Å². The molecule has 1 aromatic carbocycles. The highest BCUT2D eigenvalue weighted by Gasteiger charge is 2.26. The molecule has 0 amide bonds. The van der Waals surface area contributed by atoms with Crippen molar-refractivity contribution in [2.24, 2.45) is 0 Å². The molecule has 5 heteroatoms. The SMILES string of the molecule is COC1Oc2ccc([C@H](OC)[C@H](C)OC)cc2O1. The van der Waals surface area contributed by atoms with Gasteiger partial charge in [0.15, 0.2) is 11.5 Å². The Balaban J connectivity index is 2.22. The predicted molar refractivity (Wildman–Crippen MR) is 64.7 cm³/mol. The molecule has 1 aromatic rings. The molecule has 0 radical (unpaired) electrons. The molecule has 0 bridgehead atoms. The van der Waals surface area contributed by atoms with Gasteiger partial charge in [0.05, 0.1) is 6.10 Å². The fourth-order valence-corrected chi connectivity index (χ4v) is 1.94. The molecule has 2 rings (SSSR count). The first-order valence-corrected chi connectivity index (χ1v) is 5.75. The van der Waals surface area contributed by atoms with Crippen molar-refractivity contribution in [1.29, 1.82) is 0 Å². The van der Waals surface area contributed by atoms with Crippen molar-refractivity contribution in [2.45, 2.75) is 25.6 Å². The first kappa shape index (κ1) is 13.1. The number of methoxy groups -OCH3 is 3. The van der Waals surface area contributed by atoms with E-state index in [1.54, 1.807) is 14.2 Å². The Morgan fingerprint density at radius 2 is 1.78 bits per heavy atom. The van der Waals surface area contributed by atoms with Crippen molar-refractivity contribution < 1.29 is 23.7 Å². The Morgan fingerprint density at radius 3 is 2.39 bits per heavy atom. The van der Waals surface area contributed by atoms with E-state index in [2.05, 4.69) is 0 Å². The maximum absolute atomic E-state index is 5.46. The van der Waals surface area contributed by atoms with E-state index >= 15 is 0 Å². The quantitative estimate of drug-likeness (QED) is 0.805. The molecule has 0 N–H and O–H groups in total. The maximum Gasteiger partial charge on any atom is 0.360 e. The van der Waals surface area contributed by atoms with Gasteiger partial charge in [-0.05, 0) is 24.6 Å². The lowest BCUT2D eigenvalue weighted by atomic mass is 10.0. The van der Waals surface area contributed by atoms with Gasteiger partial charge in [0.2, 0.25) is 0 Å². The Bertz CT molecular complexity index is 406. The molecular formula is C13H18O5. The van der Waals surface area contributed by atoms with E-state index in [0.717, 1.165) is 5.56 Å². The van der Waals surface area contributed by atoms with Crippen LogP contribution in [0.2, 0.25) is 0 Å². The van der Waals surface area contributed by atoms with Crippen LogP contribution < -0.4 is 9.47 Å². The maximum atomic E-state index is 5.46. The van der Waals surface area contributed by atoms with E-state index in [0.29, 0.717) is 11.5 Å². The third-order valence-electron chi connectivity index (χ3n) is 2.99. The topological polar surface area (TPSA) is 46.2 Å². The summed E-state index contributed by atoms with van der Waals surface area (Å²) in [7, 11) is 4.84. The van der Waals surface area contributed by atoms with Crippen LogP contribution in [0.3, 0.4) is 0 Å². The van der Waals surface area contributed by atoms with E-state index in [4.69, 9.17) is 23.7 Å². The van der Waals surface area contributed by atoms with Crippen LogP contribution in [0.15, 0.2) is 18.2 Å². The van der Waals surface area contributed by atoms with Gasteiger partial charge in [0.1, 0.15) is 6.10 Å². The lowest BCUT2D eigenvalue weighted by Crippen LogP contribution is -2.19. The first-order valence-electron chi connectivity index (χ1n) is 5.75. The van der Waals surface area contributed by atoms with Gasteiger partial charge < -0.3 is 23.7 Å². The normalized spacial score (nSPS) is 20.8. The van der Waals surface area contributed by atoms with Gasteiger partial charge in [-0.1, -0.05) is 6.07 Å². The molecule has 1 aliphatic rings. The minimum absolute atomic E-state index is 0.0476. The van der Waals surface area contributed by atoms with Gasteiger partial charge in [0, 0.05) is 21.3 Å². The Labute approximate surface area is 107 Å². The first-order chi connectivity index (χ1) is 8.69. The zero-order chi connectivity index (χ0) is 13.1. The molecule has 0 aromatic heterocycles. The highest BCUT2D eigenvalue weighted by molar-refractivity contribution is 5.45. The number of hydrogen-bond acceptors (Lipinski definition) is 5. The lowest BCUT2D eigenvalue weighted by molar-refractivity contribution is -0.157. The molecule has 0 fully saturated rings. The summed E-state index contributed by atoms with van der Waals surface area (Å²) in [5, 5.41) is 0. The summed E-state index contributed by atoms with van der Waals surface area (Å²) in [6.07, 6.45) is -0.195. The Morgan fingerprint density at radius 1 is 1.06 bits per heavy atom. The van der Waals surface area contributed by atoms with E-state index in [1.165, 1.54) is 7.11 Å². The molecule has 18 heavy (non-hydrogen) atoms. The summed E-state index contributed by atoms with van der Waals surface area (Å²) in [5.41, 5.74) is 0.978. The summed E-state index contributed by atoms with van der Waals surface area (Å²) in [6, 6.07) is 5.67. The molecule has 1 heterocycles. The van der Waals surface area contributed by atoms with Crippen molar-refractivity contribution in [1.82, 2.24) is 0 Å². The Hall–Kier alpha value is -1.30.